The highest BCUT2D eigenvalue weighted by Gasteiger charge is 2.24. The maximum atomic E-state index is 13.6. The van der Waals surface area contributed by atoms with E-state index in [1.807, 2.05) is 30.8 Å². The molecule has 1 unspecified atom stereocenters. The van der Waals surface area contributed by atoms with Gasteiger partial charge in [-0.1, -0.05) is 12.1 Å². The zero-order chi connectivity index (χ0) is 13.3. The van der Waals surface area contributed by atoms with Crippen LogP contribution in [0.25, 0.3) is 0 Å². The molecule has 0 aliphatic carbocycles. The van der Waals surface area contributed by atoms with Gasteiger partial charge in [0, 0.05) is 31.4 Å². The first-order valence-corrected chi connectivity index (χ1v) is 5.92. The summed E-state index contributed by atoms with van der Waals surface area (Å²) in [7, 11) is 1.92. The van der Waals surface area contributed by atoms with Gasteiger partial charge in [0.15, 0.2) is 0 Å². The molecule has 0 saturated heterocycles. The van der Waals surface area contributed by atoms with Gasteiger partial charge in [0.25, 0.3) is 0 Å². The summed E-state index contributed by atoms with van der Waals surface area (Å²) >= 11 is 0. The van der Waals surface area contributed by atoms with Crippen LogP contribution < -0.4 is 5.73 Å². The lowest BCUT2D eigenvalue weighted by Gasteiger charge is -2.25. The summed E-state index contributed by atoms with van der Waals surface area (Å²) in [5.74, 6) is 0.671. The monoisotopic (exact) mass is 247 g/mol. The molecule has 96 valence electrons. The molecule has 0 radical (unpaired) electrons. The first kappa shape index (κ1) is 12.8. The van der Waals surface area contributed by atoms with Crippen LogP contribution in [-0.2, 0) is 19.0 Å². The van der Waals surface area contributed by atoms with Crippen molar-refractivity contribution in [1.82, 2.24) is 9.55 Å². The minimum atomic E-state index is -0.631. The molecule has 0 saturated carbocycles. The van der Waals surface area contributed by atoms with E-state index in [-0.39, 0.29) is 5.82 Å². The zero-order valence-electron chi connectivity index (χ0n) is 10.9. The number of benzene rings is 1. The number of rotatable bonds is 3. The van der Waals surface area contributed by atoms with E-state index >= 15 is 0 Å². The fourth-order valence-corrected chi connectivity index (χ4v) is 1.95. The summed E-state index contributed by atoms with van der Waals surface area (Å²) in [6, 6.07) is 5.15. The Morgan fingerprint density at radius 1 is 1.44 bits per heavy atom. The van der Waals surface area contributed by atoms with Crippen LogP contribution in [0.3, 0.4) is 0 Å². The topological polar surface area (TPSA) is 43.8 Å². The van der Waals surface area contributed by atoms with Crippen molar-refractivity contribution < 1.29 is 4.39 Å². The lowest BCUT2D eigenvalue weighted by Crippen LogP contribution is -2.36. The largest absolute Gasteiger partial charge is 0.338 e. The van der Waals surface area contributed by atoms with Crippen LogP contribution in [0, 0.1) is 12.7 Å². The van der Waals surface area contributed by atoms with Gasteiger partial charge in [-0.15, -0.1) is 0 Å². The Morgan fingerprint density at radius 3 is 2.72 bits per heavy atom. The SMILES string of the molecule is Cc1ccc(C(C)(N)Cc2nccn2C)cc1F. The maximum Gasteiger partial charge on any atom is 0.126 e. The minimum absolute atomic E-state index is 0.219. The minimum Gasteiger partial charge on any atom is -0.338 e. The quantitative estimate of drug-likeness (QED) is 0.904. The van der Waals surface area contributed by atoms with Crippen molar-refractivity contribution in [3.8, 4) is 0 Å². The van der Waals surface area contributed by atoms with Crippen LogP contribution >= 0.6 is 0 Å². The van der Waals surface area contributed by atoms with Gasteiger partial charge in [-0.05, 0) is 31.0 Å². The van der Waals surface area contributed by atoms with E-state index in [2.05, 4.69) is 4.98 Å². The van der Waals surface area contributed by atoms with Crippen molar-refractivity contribution in [1.29, 1.82) is 0 Å². The van der Waals surface area contributed by atoms with Gasteiger partial charge in [0.2, 0.25) is 0 Å². The van der Waals surface area contributed by atoms with Crippen LogP contribution in [0.1, 0.15) is 23.9 Å². The van der Waals surface area contributed by atoms with Crippen molar-refractivity contribution in [2.24, 2.45) is 12.8 Å². The van der Waals surface area contributed by atoms with Crippen LogP contribution in [0.15, 0.2) is 30.6 Å². The Hall–Kier alpha value is -1.68. The van der Waals surface area contributed by atoms with Gasteiger partial charge >= 0.3 is 0 Å². The van der Waals surface area contributed by atoms with E-state index in [4.69, 9.17) is 5.73 Å². The van der Waals surface area contributed by atoms with Crippen molar-refractivity contribution >= 4 is 0 Å². The van der Waals surface area contributed by atoms with Crippen molar-refractivity contribution in [3.05, 3.63) is 53.4 Å². The van der Waals surface area contributed by atoms with Gasteiger partial charge in [0.1, 0.15) is 11.6 Å². The summed E-state index contributed by atoms with van der Waals surface area (Å²) < 4.78 is 15.5. The molecule has 2 aromatic rings. The van der Waals surface area contributed by atoms with Crippen molar-refractivity contribution in [3.63, 3.8) is 0 Å². The smallest absolute Gasteiger partial charge is 0.126 e. The Labute approximate surface area is 106 Å². The second-order valence-electron chi connectivity index (χ2n) is 5.01. The molecule has 0 spiro atoms. The summed E-state index contributed by atoms with van der Waals surface area (Å²) in [5, 5.41) is 0. The molecule has 2 rings (SSSR count). The van der Waals surface area contributed by atoms with Crippen LogP contribution in [0.5, 0.6) is 0 Å². The average Bonchev–Trinajstić information content (AvgIpc) is 2.67. The summed E-state index contributed by atoms with van der Waals surface area (Å²) in [6.45, 7) is 3.64. The molecule has 0 amide bonds. The van der Waals surface area contributed by atoms with E-state index in [1.54, 1.807) is 19.2 Å². The predicted molar refractivity (Wildman–Crippen MR) is 69.6 cm³/mol. The van der Waals surface area contributed by atoms with Crippen LogP contribution in [0.4, 0.5) is 4.39 Å². The standard InChI is InChI=1S/C14H18FN3/c1-10-4-5-11(8-12(10)15)14(2,16)9-13-17-6-7-18(13)3/h4-8H,9,16H2,1-3H3. The molecule has 1 aromatic heterocycles. The van der Waals surface area contributed by atoms with E-state index < -0.39 is 5.54 Å². The molecule has 0 aliphatic heterocycles. The number of imidazole rings is 1. The lowest BCUT2D eigenvalue weighted by molar-refractivity contribution is 0.466. The first-order valence-electron chi connectivity index (χ1n) is 5.92. The third-order valence-corrected chi connectivity index (χ3v) is 3.28. The summed E-state index contributed by atoms with van der Waals surface area (Å²) in [4.78, 5) is 4.26. The normalized spacial score (nSPS) is 14.5. The number of aromatic nitrogens is 2. The summed E-state index contributed by atoms with van der Waals surface area (Å²) in [6.07, 6.45) is 4.18. The predicted octanol–water partition coefficient (Wildman–Crippen LogP) is 2.28. The fourth-order valence-electron chi connectivity index (χ4n) is 1.95. The summed E-state index contributed by atoms with van der Waals surface area (Å²) in [5.41, 5.74) is 7.08. The second kappa shape index (κ2) is 4.53. The molecule has 18 heavy (non-hydrogen) atoms. The molecule has 0 aliphatic rings. The zero-order valence-corrected chi connectivity index (χ0v) is 10.9. The van der Waals surface area contributed by atoms with Crippen LogP contribution in [-0.4, -0.2) is 9.55 Å². The fraction of sp³-hybridized carbons (Fsp3) is 0.357. The van der Waals surface area contributed by atoms with Gasteiger partial charge < -0.3 is 10.3 Å². The maximum absolute atomic E-state index is 13.6. The Morgan fingerprint density at radius 2 is 2.17 bits per heavy atom. The van der Waals surface area contributed by atoms with E-state index in [0.717, 1.165) is 11.4 Å². The Bertz CT molecular complexity index is 558. The number of hydrogen-bond donors (Lipinski definition) is 1. The Kier molecular flexibility index (Phi) is 3.22. The number of nitrogens with two attached hydrogens (primary N) is 1. The van der Waals surface area contributed by atoms with Gasteiger partial charge in [-0.25, -0.2) is 9.37 Å². The van der Waals surface area contributed by atoms with Gasteiger partial charge in [-0.3, -0.25) is 0 Å². The van der Waals surface area contributed by atoms with E-state index in [9.17, 15) is 4.39 Å². The number of nitrogens with zero attached hydrogens (tertiary/aromatic N) is 2. The number of halogens is 1. The highest BCUT2D eigenvalue weighted by Crippen LogP contribution is 2.23. The third-order valence-electron chi connectivity index (χ3n) is 3.28. The molecule has 1 aromatic carbocycles. The molecule has 2 N–H and O–H groups in total. The molecular weight excluding hydrogens is 229 g/mol. The average molecular weight is 247 g/mol. The van der Waals surface area contributed by atoms with Gasteiger partial charge in [0.05, 0.1) is 0 Å². The highest BCUT2D eigenvalue weighted by molar-refractivity contribution is 5.29. The van der Waals surface area contributed by atoms with E-state index in [1.165, 1.54) is 6.07 Å². The van der Waals surface area contributed by atoms with Crippen molar-refractivity contribution in [2.75, 3.05) is 0 Å². The van der Waals surface area contributed by atoms with Crippen LogP contribution in [0.2, 0.25) is 0 Å². The third kappa shape index (κ3) is 2.43. The second-order valence-corrected chi connectivity index (χ2v) is 5.01. The molecule has 1 heterocycles. The molecule has 4 heteroatoms. The molecule has 0 fully saturated rings. The van der Waals surface area contributed by atoms with E-state index in [0.29, 0.717) is 12.0 Å². The lowest BCUT2D eigenvalue weighted by atomic mass is 9.89. The highest BCUT2D eigenvalue weighted by atomic mass is 19.1. The van der Waals surface area contributed by atoms with Crippen molar-refractivity contribution in [2.45, 2.75) is 25.8 Å². The molecule has 3 nitrogen and oxygen atoms in total. The van der Waals surface area contributed by atoms with Gasteiger partial charge in [-0.2, -0.15) is 0 Å². The Balaban J connectivity index is 2.30. The number of hydrogen-bond acceptors (Lipinski definition) is 2. The molecule has 1 atom stereocenters. The molecule has 0 bridgehead atoms. The number of aryl methyl sites for hydroxylation is 2. The first-order chi connectivity index (χ1) is 8.40. The molecular formula is C14H18FN3.